The summed E-state index contributed by atoms with van der Waals surface area (Å²) in [5.74, 6) is -1.28. The third-order valence-corrected chi connectivity index (χ3v) is 3.09. The van der Waals surface area contributed by atoms with Crippen LogP contribution < -0.4 is 0 Å². The molecule has 2 aromatic rings. The largest absolute Gasteiger partial charge is 0.478 e. The zero-order valence-electron chi connectivity index (χ0n) is 11.6. The second-order valence-electron chi connectivity index (χ2n) is 4.63. The molecule has 22 heavy (non-hydrogen) atoms. The molecule has 0 spiro atoms. The first-order valence-electron chi connectivity index (χ1n) is 6.39. The first kappa shape index (κ1) is 16.0. The number of aliphatic hydroxyl groups excluding tert-OH is 1. The summed E-state index contributed by atoms with van der Waals surface area (Å²) < 4.78 is 40.4. The van der Waals surface area contributed by atoms with Crippen LogP contribution in [0.3, 0.4) is 0 Å². The zero-order valence-corrected chi connectivity index (χ0v) is 11.6. The Kier molecular flexibility index (Phi) is 4.23. The van der Waals surface area contributed by atoms with Gasteiger partial charge in [-0.25, -0.2) is 4.79 Å². The minimum Gasteiger partial charge on any atom is -0.478 e. The van der Waals surface area contributed by atoms with Gasteiger partial charge in [-0.3, -0.25) is 4.68 Å². The van der Waals surface area contributed by atoms with Gasteiger partial charge in [0.05, 0.1) is 12.2 Å². The predicted octanol–water partition coefficient (Wildman–Crippen LogP) is 2.78. The third-order valence-electron chi connectivity index (χ3n) is 3.09. The van der Waals surface area contributed by atoms with Gasteiger partial charge >= 0.3 is 12.1 Å². The van der Waals surface area contributed by atoms with E-state index in [1.165, 1.54) is 18.3 Å². The lowest BCUT2D eigenvalue weighted by atomic mass is 10.00. The lowest BCUT2D eigenvalue weighted by Gasteiger charge is -2.08. The molecule has 0 saturated heterocycles. The Morgan fingerprint density at radius 1 is 1.32 bits per heavy atom. The summed E-state index contributed by atoms with van der Waals surface area (Å²) >= 11 is 0. The quantitative estimate of drug-likeness (QED) is 0.910. The molecule has 2 rings (SSSR count). The van der Waals surface area contributed by atoms with E-state index >= 15 is 0 Å². The smallest absolute Gasteiger partial charge is 0.435 e. The Morgan fingerprint density at radius 3 is 2.50 bits per heavy atom. The van der Waals surface area contributed by atoms with E-state index in [0.717, 1.165) is 10.7 Å². The molecule has 1 aromatic carbocycles. The molecule has 0 radical (unpaired) electrons. The number of aromatic nitrogens is 2. The van der Waals surface area contributed by atoms with Crippen molar-refractivity contribution in [3.05, 3.63) is 41.2 Å². The van der Waals surface area contributed by atoms with E-state index < -0.39 is 24.4 Å². The minimum atomic E-state index is -4.66. The van der Waals surface area contributed by atoms with Gasteiger partial charge in [0.25, 0.3) is 0 Å². The molecule has 2 N–H and O–H groups in total. The highest BCUT2D eigenvalue weighted by molar-refractivity contribution is 5.90. The number of alkyl halides is 3. The molecule has 1 heterocycles. The van der Waals surface area contributed by atoms with Crippen molar-refractivity contribution in [2.24, 2.45) is 0 Å². The number of nitrogens with zero attached hydrogens (tertiary/aromatic N) is 2. The van der Waals surface area contributed by atoms with Gasteiger partial charge in [0, 0.05) is 18.3 Å². The van der Waals surface area contributed by atoms with Crippen molar-refractivity contribution in [2.45, 2.75) is 26.3 Å². The van der Waals surface area contributed by atoms with Crippen molar-refractivity contribution in [3.8, 4) is 11.1 Å². The average Bonchev–Trinajstić information content (AvgIpc) is 2.91. The maximum atomic E-state index is 13.1. The number of carbonyl (C=O) groups is 1. The second-order valence-corrected chi connectivity index (χ2v) is 4.63. The third kappa shape index (κ3) is 3.11. The van der Waals surface area contributed by atoms with Crippen LogP contribution in [0.4, 0.5) is 13.2 Å². The van der Waals surface area contributed by atoms with Crippen LogP contribution in [-0.2, 0) is 19.3 Å². The molecule has 118 valence electrons. The topological polar surface area (TPSA) is 75.4 Å². The molecule has 0 bridgehead atoms. The van der Waals surface area contributed by atoms with Crippen molar-refractivity contribution >= 4 is 5.97 Å². The van der Waals surface area contributed by atoms with Crippen LogP contribution in [0.5, 0.6) is 0 Å². The Hall–Kier alpha value is -2.35. The van der Waals surface area contributed by atoms with Crippen molar-refractivity contribution in [3.63, 3.8) is 0 Å². The van der Waals surface area contributed by atoms with E-state index in [4.69, 9.17) is 10.2 Å². The van der Waals surface area contributed by atoms with Gasteiger partial charge in [0.2, 0.25) is 0 Å². The van der Waals surface area contributed by atoms with Crippen LogP contribution in [0.15, 0.2) is 24.4 Å². The fraction of sp³-hybridized carbons (Fsp3) is 0.286. The van der Waals surface area contributed by atoms with E-state index in [1.807, 2.05) is 0 Å². The number of hydrogen-bond acceptors (Lipinski definition) is 3. The summed E-state index contributed by atoms with van der Waals surface area (Å²) in [6, 6.07) is 3.66. The fourth-order valence-corrected chi connectivity index (χ4v) is 2.07. The number of hydrogen-bond donors (Lipinski definition) is 2. The summed E-state index contributed by atoms with van der Waals surface area (Å²) in [5.41, 5.74) is -1.23. The molecule has 0 aliphatic carbocycles. The Balaban J connectivity index is 2.67. The molecule has 1 aromatic heterocycles. The summed E-state index contributed by atoms with van der Waals surface area (Å²) in [7, 11) is 0. The van der Waals surface area contributed by atoms with Gasteiger partial charge < -0.3 is 10.2 Å². The van der Waals surface area contributed by atoms with Gasteiger partial charge in [-0.05, 0) is 36.2 Å². The van der Waals surface area contributed by atoms with Crippen LogP contribution in [0.25, 0.3) is 11.1 Å². The Labute approximate surface area is 123 Å². The van der Waals surface area contributed by atoms with Crippen LogP contribution in [0.2, 0.25) is 0 Å². The highest BCUT2D eigenvalue weighted by Gasteiger charge is 2.37. The molecule has 0 unspecified atom stereocenters. The number of carboxylic acids is 1. The maximum Gasteiger partial charge on any atom is 0.435 e. The summed E-state index contributed by atoms with van der Waals surface area (Å²) in [5, 5.41) is 21.7. The van der Waals surface area contributed by atoms with Gasteiger partial charge in [-0.15, -0.1) is 0 Å². The number of aromatic carboxylic acids is 1. The molecule has 0 aliphatic heterocycles. The predicted molar refractivity (Wildman–Crippen MR) is 71.2 cm³/mol. The van der Waals surface area contributed by atoms with E-state index in [9.17, 15) is 18.0 Å². The lowest BCUT2D eigenvalue weighted by Crippen LogP contribution is -2.09. The molecule has 0 saturated carbocycles. The average molecular weight is 314 g/mol. The van der Waals surface area contributed by atoms with E-state index in [2.05, 4.69) is 5.10 Å². The van der Waals surface area contributed by atoms with Crippen LogP contribution in [0, 0.1) is 0 Å². The van der Waals surface area contributed by atoms with Crippen molar-refractivity contribution in [2.75, 3.05) is 0 Å². The summed E-state index contributed by atoms with van der Waals surface area (Å²) in [4.78, 5) is 11.1. The van der Waals surface area contributed by atoms with Crippen molar-refractivity contribution in [1.29, 1.82) is 0 Å². The molecular formula is C14H13F3N2O3. The molecule has 5 nitrogen and oxygen atoms in total. The van der Waals surface area contributed by atoms with E-state index in [0.29, 0.717) is 0 Å². The van der Waals surface area contributed by atoms with Crippen molar-refractivity contribution < 1.29 is 28.2 Å². The number of halogens is 3. The second kappa shape index (κ2) is 5.80. The minimum absolute atomic E-state index is 0.0518. The standard InChI is InChI=1S/C14H13F3N2O3/c1-2-19-6-11(12(18-19)14(15,16)17)9-3-8(7-20)4-10(5-9)13(21)22/h3-6,20H,2,7H2,1H3,(H,21,22). The van der Waals surface area contributed by atoms with E-state index in [1.54, 1.807) is 6.92 Å². The molecule has 0 atom stereocenters. The van der Waals surface area contributed by atoms with Gasteiger partial charge in [-0.1, -0.05) is 0 Å². The molecule has 0 fully saturated rings. The van der Waals surface area contributed by atoms with Gasteiger partial charge in [0.1, 0.15) is 0 Å². The van der Waals surface area contributed by atoms with Gasteiger partial charge in [-0.2, -0.15) is 18.3 Å². The number of aliphatic hydroxyl groups is 1. The highest BCUT2D eigenvalue weighted by atomic mass is 19.4. The summed E-state index contributed by atoms with van der Waals surface area (Å²) in [6.07, 6.45) is -3.45. The Morgan fingerprint density at radius 2 is 2.00 bits per heavy atom. The molecule has 0 amide bonds. The molecular weight excluding hydrogens is 301 g/mol. The molecule has 0 aliphatic rings. The maximum absolute atomic E-state index is 13.1. The SMILES string of the molecule is CCn1cc(-c2cc(CO)cc(C(=O)O)c2)c(C(F)(F)F)n1. The highest BCUT2D eigenvalue weighted by Crippen LogP contribution is 2.36. The lowest BCUT2D eigenvalue weighted by molar-refractivity contribution is -0.141. The van der Waals surface area contributed by atoms with Crippen LogP contribution >= 0.6 is 0 Å². The Bertz CT molecular complexity index is 708. The normalized spacial score (nSPS) is 11.7. The summed E-state index contributed by atoms with van der Waals surface area (Å²) in [6.45, 7) is 1.41. The number of rotatable bonds is 4. The van der Waals surface area contributed by atoms with Crippen molar-refractivity contribution in [1.82, 2.24) is 9.78 Å². The molecule has 8 heteroatoms. The van der Waals surface area contributed by atoms with Crippen LogP contribution in [-0.4, -0.2) is 26.0 Å². The number of aryl methyl sites for hydroxylation is 1. The first-order chi connectivity index (χ1) is 10.3. The van der Waals surface area contributed by atoms with E-state index in [-0.39, 0.29) is 28.8 Å². The van der Waals surface area contributed by atoms with Crippen LogP contribution in [0.1, 0.15) is 28.5 Å². The fourth-order valence-electron chi connectivity index (χ4n) is 2.07. The zero-order chi connectivity index (χ0) is 16.5. The van der Waals surface area contributed by atoms with Gasteiger partial charge in [0.15, 0.2) is 5.69 Å². The number of benzene rings is 1. The number of carboxylic acid groups (broad SMARTS) is 1. The first-order valence-corrected chi connectivity index (χ1v) is 6.39. The monoisotopic (exact) mass is 314 g/mol.